The molecule has 1 N–H and O–H groups in total. The van der Waals surface area contributed by atoms with Crippen molar-refractivity contribution in [3.05, 3.63) is 29.6 Å². The Balaban J connectivity index is 2.42. The molecule has 0 spiro atoms. The van der Waals surface area contributed by atoms with Crippen LogP contribution in [0.2, 0.25) is 0 Å². The summed E-state index contributed by atoms with van der Waals surface area (Å²) in [6.07, 6.45) is -0.0275. The summed E-state index contributed by atoms with van der Waals surface area (Å²) < 4.78 is 18.9. The Kier molecular flexibility index (Phi) is 2.66. The number of halogens is 1. The molecule has 0 amide bonds. The van der Waals surface area contributed by atoms with E-state index in [9.17, 15) is 9.50 Å². The molecule has 0 fully saturated rings. The SMILES string of the molecule is CC(C)C1(C)C[C@@H](O)c2ccc(F)cc2O1. The first-order valence-corrected chi connectivity index (χ1v) is 5.59. The van der Waals surface area contributed by atoms with Crippen LogP contribution in [0.25, 0.3) is 0 Å². The molecule has 2 rings (SSSR count). The van der Waals surface area contributed by atoms with Crippen molar-refractivity contribution in [1.29, 1.82) is 0 Å². The minimum Gasteiger partial charge on any atom is -0.487 e. The van der Waals surface area contributed by atoms with E-state index < -0.39 is 11.7 Å². The topological polar surface area (TPSA) is 29.5 Å². The van der Waals surface area contributed by atoms with Gasteiger partial charge in [0.25, 0.3) is 0 Å². The van der Waals surface area contributed by atoms with Crippen LogP contribution in [0, 0.1) is 11.7 Å². The molecule has 1 aromatic carbocycles. The molecule has 1 aliphatic heterocycles. The van der Waals surface area contributed by atoms with Crippen LogP contribution < -0.4 is 4.74 Å². The van der Waals surface area contributed by atoms with Gasteiger partial charge < -0.3 is 9.84 Å². The molecular formula is C13H17FO2. The number of ether oxygens (including phenoxy) is 1. The molecule has 1 heterocycles. The number of rotatable bonds is 1. The Morgan fingerprint density at radius 3 is 2.81 bits per heavy atom. The van der Waals surface area contributed by atoms with Gasteiger partial charge in [-0.15, -0.1) is 0 Å². The van der Waals surface area contributed by atoms with Gasteiger partial charge in [-0.1, -0.05) is 13.8 Å². The summed E-state index contributed by atoms with van der Waals surface area (Å²) in [7, 11) is 0. The largest absolute Gasteiger partial charge is 0.487 e. The normalized spacial score (nSPS) is 28.8. The molecule has 88 valence electrons. The van der Waals surface area contributed by atoms with E-state index in [1.54, 1.807) is 6.07 Å². The molecule has 0 radical (unpaired) electrons. The molecule has 0 bridgehead atoms. The summed E-state index contributed by atoms with van der Waals surface area (Å²) in [6, 6.07) is 4.29. The molecule has 2 nitrogen and oxygen atoms in total. The highest BCUT2D eigenvalue weighted by molar-refractivity contribution is 5.38. The lowest BCUT2D eigenvalue weighted by molar-refractivity contribution is -0.0324. The maximum atomic E-state index is 13.1. The number of aliphatic hydroxyl groups excluding tert-OH is 1. The van der Waals surface area contributed by atoms with Crippen LogP contribution in [0.15, 0.2) is 18.2 Å². The Morgan fingerprint density at radius 1 is 1.50 bits per heavy atom. The van der Waals surface area contributed by atoms with E-state index >= 15 is 0 Å². The fraction of sp³-hybridized carbons (Fsp3) is 0.538. The van der Waals surface area contributed by atoms with Gasteiger partial charge in [0.2, 0.25) is 0 Å². The van der Waals surface area contributed by atoms with Gasteiger partial charge in [0, 0.05) is 18.1 Å². The summed E-state index contributed by atoms with van der Waals surface area (Å²) >= 11 is 0. The highest BCUT2D eigenvalue weighted by atomic mass is 19.1. The fourth-order valence-electron chi connectivity index (χ4n) is 2.01. The average Bonchev–Trinajstić information content (AvgIpc) is 2.16. The smallest absolute Gasteiger partial charge is 0.128 e. The van der Waals surface area contributed by atoms with Gasteiger partial charge in [-0.2, -0.15) is 0 Å². The Morgan fingerprint density at radius 2 is 2.19 bits per heavy atom. The van der Waals surface area contributed by atoms with Crippen molar-refractivity contribution in [1.82, 2.24) is 0 Å². The van der Waals surface area contributed by atoms with Crippen LogP contribution in [0.1, 0.15) is 38.9 Å². The quantitative estimate of drug-likeness (QED) is 0.794. The monoisotopic (exact) mass is 224 g/mol. The van der Waals surface area contributed by atoms with E-state index in [0.717, 1.165) is 0 Å². The average molecular weight is 224 g/mol. The fourth-order valence-corrected chi connectivity index (χ4v) is 2.01. The molecule has 1 aliphatic rings. The lowest BCUT2D eigenvalue weighted by Gasteiger charge is -2.41. The molecule has 1 aromatic rings. The number of benzene rings is 1. The number of fused-ring (bicyclic) bond motifs is 1. The standard InChI is InChI=1S/C13H17FO2/c1-8(2)13(3)7-11(15)10-5-4-9(14)6-12(10)16-13/h4-6,8,11,15H,7H2,1-3H3/t11-,13?/m1/s1. The summed E-state index contributed by atoms with van der Waals surface area (Å²) in [6.45, 7) is 6.03. The first-order valence-electron chi connectivity index (χ1n) is 5.59. The van der Waals surface area contributed by atoms with Crippen molar-refractivity contribution in [2.75, 3.05) is 0 Å². The van der Waals surface area contributed by atoms with Crippen LogP contribution in [-0.4, -0.2) is 10.7 Å². The van der Waals surface area contributed by atoms with E-state index in [4.69, 9.17) is 4.74 Å². The Hall–Kier alpha value is -1.09. The maximum absolute atomic E-state index is 13.1. The molecule has 0 aromatic heterocycles. The van der Waals surface area contributed by atoms with Gasteiger partial charge in [-0.05, 0) is 25.0 Å². The van der Waals surface area contributed by atoms with Crippen LogP contribution in [0.3, 0.4) is 0 Å². The highest BCUT2D eigenvalue weighted by Crippen LogP contribution is 2.42. The second kappa shape index (κ2) is 3.74. The molecular weight excluding hydrogens is 207 g/mol. The third-order valence-corrected chi connectivity index (χ3v) is 3.50. The third kappa shape index (κ3) is 1.80. The maximum Gasteiger partial charge on any atom is 0.128 e. The molecule has 0 saturated heterocycles. The van der Waals surface area contributed by atoms with Crippen LogP contribution in [-0.2, 0) is 0 Å². The van der Waals surface area contributed by atoms with Gasteiger partial charge in [-0.25, -0.2) is 4.39 Å². The molecule has 1 unspecified atom stereocenters. The second-order valence-corrected chi connectivity index (χ2v) is 4.97. The minimum absolute atomic E-state index is 0.263. The minimum atomic E-state index is -0.572. The predicted octanol–water partition coefficient (Wildman–Crippen LogP) is 3.06. The van der Waals surface area contributed by atoms with Crippen LogP contribution in [0.5, 0.6) is 5.75 Å². The molecule has 2 atom stereocenters. The summed E-state index contributed by atoms with van der Waals surface area (Å²) in [5, 5.41) is 10.0. The van der Waals surface area contributed by atoms with Crippen molar-refractivity contribution in [2.45, 2.75) is 38.9 Å². The van der Waals surface area contributed by atoms with E-state index in [0.29, 0.717) is 17.7 Å². The number of hydrogen-bond donors (Lipinski definition) is 1. The van der Waals surface area contributed by atoms with Gasteiger partial charge in [-0.3, -0.25) is 0 Å². The second-order valence-electron chi connectivity index (χ2n) is 4.97. The Labute approximate surface area is 95.1 Å². The first kappa shape index (κ1) is 11.4. The van der Waals surface area contributed by atoms with E-state index in [1.165, 1.54) is 12.1 Å². The van der Waals surface area contributed by atoms with Crippen molar-refractivity contribution >= 4 is 0 Å². The number of aliphatic hydroxyl groups is 1. The van der Waals surface area contributed by atoms with Gasteiger partial charge in [0.05, 0.1) is 6.10 Å². The molecule has 0 saturated carbocycles. The summed E-state index contributed by atoms with van der Waals surface area (Å²) in [5.41, 5.74) is 0.250. The lowest BCUT2D eigenvalue weighted by atomic mass is 9.82. The summed E-state index contributed by atoms with van der Waals surface area (Å²) in [5.74, 6) is 0.396. The zero-order valence-electron chi connectivity index (χ0n) is 9.83. The molecule has 3 heteroatoms. The van der Waals surface area contributed by atoms with E-state index in [1.807, 2.05) is 20.8 Å². The van der Waals surface area contributed by atoms with Crippen molar-refractivity contribution in [3.63, 3.8) is 0 Å². The third-order valence-electron chi connectivity index (χ3n) is 3.50. The molecule has 16 heavy (non-hydrogen) atoms. The summed E-state index contributed by atoms with van der Waals surface area (Å²) in [4.78, 5) is 0. The van der Waals surface area contributed by atoms with E-state index in [-0.39, 0.29) is 11.7 Å². The van der Waals surface area contributed by atoms with Crippen molar-refractivity contribution < 1.29 is 14.2 Å². The highest BCUT2D eigenvalue weighted by Gasteiger charge is 2.39. The van der Waals surface area contributed by atoms with E-state index in [2.05, 4.69) is 0 Å². The molecule has 0 aliphatic carbocycles. The van der Waals surface area contributed by atoms with Crippen LogP contribution >= 0.6 is 0 Å². The first-order chi connectivity index (χ1) is 7.42. The van der Waals surface area contributed by atoms with Crippen molar-refractivity contribution in [3.8, 4) is 5.75 Å². The van der Waals surface area contributed by atoms with Gasteiger partial charge >= 0.3 is 0 Å². The zero-order chi connectivity index (χ0) is 11.9. The number of hydrogen-bond acceptors (Lipinski definition) is 2. The predicted molar refractivity (Wildman–Crippen MR) is 59.8 cm³/mol. The van der Waals surface area contributed by atoms with Gasteiger partial charge in [0.1, 0.15) is 17.2 Å². The van der Waals surface area contributed by atoms with Gasteiger partial charge in [0.15, 0.2) is 0 Å². The lowest BCUT2D eigenvalue weighted by Crippen LogP contribution is -2.42. The van der Waals surface area contributed by atoms with Crippen molar-refractivity contribution in [2.24, 2.45) is 5.92 Å². The van der Waals surface area contributed by atoms with Crippen LogP contribution in [0.4, 0.5) is 4.39 Å². The zero-order valence-corrected chi connectivity index (χ0v) is 9.83. The Bertz CT molecular complexity index is 403.